The Hall–Kier alpha value is -1.99. The van der Waals surface area contributed by atoms with Crippen LogP contribution in [0.3, 0.4) is 0 Å². The third-order valence-electron chi connectivity index (χ3n) is 2.41. The van der Waals surface area contributed by atoms with Crippen molar-refractivity contribution in [2.45, 2.75) is 6.04 Å². The summed E-state index contributed by atoms with van der Waals surface area (Å²) in [5, 5.41) is 10.7. The number of urea groups is 1. The molecule has 0 spiro atoms. The predicted octanol–water partition coefficient (Wildman–Crippen LogP) is -1.06. The van der Waals surface area contributed by atoms with Crippen molar-refractivity contribution in [2.75, 3.05) is 20.1 Å². The van der Waals surface area contributed by atoms with Crippen LogP contribution < -0.4 is 0 Å². The average molecular weight is 212 g/mol. The zero-order valence-corrected chi connectivity index (χ0v) is 7.91. The van der Waals surface area contributed by atoms with E-state index in [2.05, 4.69) is 4.99 Å². The standard InChI is InChI=1S/C7H8N4O4/c1-9-6(12)4(11(14)15)5-8-2-3-10(5)7(9)13/h4H,2-3H2,1H3. The van der Waals surface area contributed by atoms with Gasteiger partial charge in [-0.15, -0.1) is 0 Å². The number of likely N-dealkylation sites (N-methyl/N-ethyl adjacent to an activating group) is 1. The molecule has 0 bridgehead atoms. The summed E-state index contributed by atoms with van der Waals surface area (Å²) in [5.41, 5.74) is 0. The van der Waals surface area contributed by atoms with E-state index in [-0.39, 0.29) is 5.84 Å². The number of rotatable bonds is 1. The number of imide groups is 1. The lowest BCUT2D eigenvalue weighted by Gasteiger charge is -2.30. The highest BCUT2D eigenvalue weighted by Gasteiger charge is 2.51. The molecule has 0 aromatic carbocycles. The number of amidine groups is 1. The van der Waals surface area contributed by atoms with Crippen LogP contribution in [0.4, 0.5) is 4.79 Å². The number of nitro groups is 1. The molecule has 2 aliphatic rings. The van der Waals surface area contributed by atoms with Crippen LogP contribution in [0.5, 0.6) is 0 Å². The van der Waals surface area contributed by atoms with Crippen molar-refractivity contribution < 1.29 is 14.5 Å². The molecule has 0 radical (unpaired) electrons. The van der Waals surface area contributed by atoms with E-state index in [9.17, 15) is 19.7 Å². The summed E-state index contributed by atoms with van der Waals surface area (Å²) < 4.78 is 0. The van der Waals surface area contributed by atoms with Gasteiger partial charge < -0.3 is 0 Å². The van der Waals surface area contributed by atoms with Crippen molar-refractivity contribution >= 4 is 17.8 Å². The van der Waals surface area contributed by atoms with Gasteiger partial charge in [-0.1, -0.05) is 0 Å². The zero-order valence-electron chi connectivity index (χ0n) is 7.91. The molecule has 15 heavy (non-hydrogen) atoms. The minimum Gasteiger partial charge on any atom is -0.274 e. The number of amides is 3. The third-order valence-corrected chi connectivity index (χ3v) is 2.41. The van der Waals surface area contributed by atoms with Crippen molar-refractivity contribution in [1.82, 2.24) is 9.80 Å². The second kappa shape index (κ2) is 3.01. The van der Waals surface area contributed by atoms with E-state index in [1.54, 1.807) is 0 Å². The quantitative estimate of drug-likeness (QED) is 0.408. The van der Waals surface area contributed by atoms with Crippen LogP contribution in [0.25, 0.3) is 0 Å². The Kier molecular flexibility index (Phi) is 1.92. The molecule has 1 atom stereocenters. The van der Waals surface area contributed by atoms with Gasteiger partial charge in [0.1, 0.15) is 0 Å². The summed E-state index contributed by atoms with van der Waals surface area (Å²) in [6.07, 6.45) is 0. The molecule has 8 nitrogen and oxygen atoms in total. The van der Waals surface area contributed by atoms with E-state index in [0.717, 1.165) is 4.90 Å². The van der Waals surface area contributed by atoms with Crippen LogP contribution >= 0.6 is 0 Å². The summed E-state index contributed by atoms with van der Waals surface area (Å²) in [6.45, 7) is 0.614. The Labute approximate surface area is 84.3 Å². The number of hydrogen-bond donors (Lipinski definition) is 0. The summed E-state index contributed by atoms with van der Waals surface area (Å²) in [4.78, 5) is 38.7. The first kappa shape index (κ1) is 9.56. The zero-order chi connectivity index (χ0) is 11.2. The predicted molar refractivity (Wildman–Crippen MR) is 48.0 cm³/mol. The Morgan fingerprint density at radius 3 is 2.80 bits per heavy atom. The molecule has 2 rings (SSSR count). The van der Waals surface area contributed by atoms with Gasteiger partial charge in [0, 0.05) is 18.5 Å². The summed E-state index contributed by atoms with van der Waals surface area (Å²) in [7, 11) is 1.23. The van der Waals surface area contributed by atoms with Crippen LogP contribution in [-0.4, -0.2) is 58.7 Å². The number of nitrogens with zero attached hydrogens (tertiary/aromatic N) is 4. The molecule has 80 valence electrons. The first-order valence-corrected chi connectivity index (χ1v) is 4.31. The fraction of sp³-hybridized carbons (Fsp3) is 0.571. The van der Waals surface area contributed by atoms with Crippen molar-refractivity contribution in [3.8, 4) is 0 Å². The highest BCUT2D eigenvalue weighted by atomic mass is 16.6. The van der Waals surface area contributed by atoms with Crippen molar-refractivity contribution in [3.63, 3.8) is 0 Å². The van der Waals surface area contributed by atoms with Gasteiger partial charge in [0.15, 0.2) is 5.84 Å². The van der Waals surface area contributed by atoms with E-state index >= 15 is 0 Å². The van der Waals surface area contributed by atoms with E-state index in [0.29, 0.717) is 13.1 Å². The molecule has 2 heterocycles. The van der Waals surface area contributed by atoms with Gasteiger partial charge in [-0.05, 0) is 0 Å². The Balaban J connectivity index is 2.43. The Morgan fingerprint density at radius 2 is 2.20 bits per heavy atom. The van der Waals surface area contributed by atoms with Gasteiger partial charge in [0.05, 0.1) is 6.54 Å². The lowest BCUT2D eigenvalue weighted by atomic mass is 10.2. The molecule has 2 aliphatic heterocycles. The highest BCUT2D eigenvalue weighted by molar-refractivity contribution is 6.20. The van der Waals surface area contributed by atoms with Gasteiger partial charge in [-0.2, -0.15) is 0 Å². The summed E-state index contributed by atoms with van der Waals surface area (Å²) in [6, 6.07) is -2.08. The molecular formula is C7H8N4O4. The summed E-state index contributed by atoms with van der Waals surface area (Å²) in [5.74, 6) is -0.866. The second-order valence-electron chi connectivity index (χ2n) is 3.26. The number of aliphatic imine (C=N–C) groups is 1. The molecule has 0 aliphatic carbocycles. The monoisotopic (exact) mass is 212 g/mol. The van der Waals surface area contributed by atoms with Crippen LogP contribution in [0, 0.1) is 10.1 Å². The molecule has 0 aromatic heterocycles. The van der Waals surface area contributed by atoms with E-state index in [4.69, 9.17) is 0 Å². The van der Waals surface area contributed by atoms with Crippen LogP contribution in [-0.2, 0) is 4.79 Å². The van der Waals surface area contributed by atoms with Crippen LogP contribution in [0.15, 0.2) is 4.99 Å². The van der Waals surface area contributed by atoms with E-state index in [1.807, 2.05) is 0 Å². The highest BCUT2D eigenvalue weighted by Crippen LogP contribution is 2.17. The SMILES string of the molecule is CN1C(=O)C([N+](=O)[O-])C2=NCCN2C1=O. The normalized spacial score (nSPS) is 25.4. The van der Waals surface area contributed by atoms with Crippen molar-refractivity contribution in [1.29, 1.82) is 0 Å². The fourth-order valence-corrected chi connectivity index (χ4v) is 1.65. The minimum absolute atomic E-state index is 0.0342. The molecule has 1 unspecified atom stereocenters. The smallest absolute Gasteiger partial charge is 0.274 e. The van der Waals surface area contributed by atoms with Crippen molar-refractivity contribution in [3.05, 3.63) is 10.1 Å². The summed E-state index contributed by atoms with van der Waals surface area (Å²) >= 11 is 0. The van der Waals surface area contributed by atoms with Gasteiger partial charge >= 0.3 is 18.0 Å². The maximum atomic E-state index is 11.5. The number of carbonyl (C=O) groups is 2. The van der Waals surface area contributed by atoms with Gasteiger partial charge in [-0.3, -0.25) is 29.7 Å². The molecule has 3 amide bonds. The molecule has 8 heteroatoms. The van der Waals surface area contributed by atoms with Crippen LogP contribution in [0.1, 0.15) is 0 Å². The number of fused-ring (bicyclic) bond motifs is 1. The van der Waals surface area contributed by atoms with E-state index < -0.39 is 22.9 Å². The second-order valence-corrected chi connectivity index (χ2v) is 3.26. The molecular weight excluding hydrogens is 204 g/mol. The largest absolute Gasteiger partial charge is 0.346 e. The third kappa shape index (κ3) is 1.17. The first-order valence-electron chi connectivity index (χ1n) is 4.31. The molecule has 0 aromatic rings. The molecule has 1 saturated heterocycles. The first-order chi connectivity index (χ1) is 7.04. The van der Waals surface area contributed by atoms with Crippen LogP contribution in [0.2, 0.25) is 0 Å². The van der Waals surface area contributed by atoms with Gasteiger partial charge in [-0.25, -0.2) is 4.79 Å². The van der Waals surface area contributed by atoms with E-state index in [1.165, 1.54) is 11.9 Å². The van der Waals surface area contributed by atoms with Crippen molar-refractivity contribution in [2.24, 2.45) is 4.99 Å². The number of hydrogen-bond acceptors (Lipinski definition) is 5. The fourth-order valence-electron chi connectivity index (χ4n) is 1.65. The topological polar surface area (TPSA) is 96.1 Å². The van der Waals surface area contributed by atoms with Gasteiger partial charge in [0.2, 0.25) is 0 Å². The number of carbonyl (C=O) groups excluding carboxylic acids is 2. The van der Waals surface area contributed by atoms with Gasteiger partial charge in [0.25, 0.3) is 0 Å². The average Bonchev–Trinajstić information content (AvgIpc) is 2.62. The minimum atomic E-state index is -1.53. The maximum Gasteiger partial charge on any atom is 0.346 e. The molecule has 0 N–H and O–H groups in total. The molecule has 0 saturated carbocycles. The molecule has 1 fully saturated rings. The maximum absolute atomic E-state index is 11.5. The lowest BCUT2D eigenvalue weighted by molar-refractivity contribution is -0.491. The Morgan fingerprint density at radius 1 is 1.53 bits per heavy atom. The lowest BCUT2D eigenvalue weighted by Crippen LogP contribution is -2.61. The Bertz CT molecular complexity index is 390.